The predicted molar refractivity (Wildman–Crippen MR) is 96.2 cm³/mol. The lowest BCUT2D eigenvalue weighted by atomic mass is 9.83. The number of fused-ring (bicyclic) bond motifs is 5. The van der Waals surface area contributed by atoms with Crippen molar-refractivity contribution in [2.24, 2.45) is 5.92 Å². The number of aromatic nitrogens is 4. The summed E-state index contributed by atoms with van der Waals surface area (Å²) in [7, 11) is 0. The van der Waals surface area contributed by atoms with Crippen LogP contribution in [0.3, 0.4) is 0 Å². The normalized spacial score (nSPS) is 22.2. The average molecular weight is 335 g/mol. The van der Waals surface area contributed by atoms with Gasteiger partial charge >= 0.3 is 0 Å². The molecule has 2 bridgehead atoms. The van der Waals surface area contributed by atoms with E-state index in [1.54, 1.807) is 6.07 Å². The van der Waals surface area contributed by atoms with Gasteiger partial charge in [0.05, 0.1) is 6.20 Å². The predicted octanol–water partition coefficient (Wildman–Crippen LogP) is 2.13. The highest BCUT2D eigenvalue weighted by Crippen LogP contribution is 2.37. The van der Waals surface area contributed by atoms with Crippen LogP contribution in [0.15, 0.2) is 35.3 Å². The Kier molecular flexibility index (Phi) is 3.04. The van der Waals surface area contributed by atoms with Gasteiger partial charge in [0, 0.05) is 54.6 Å². The van der Waals surface area contributed by atoms with E-state index in [0.717, 1.165) is 43.2 Å². The van der Waals surface area contributed by atoms with E-state index < -0.39 is 0 Å². The van der Waals surface area contributed by atoms with Crippen molar-refractivity contribution in [2.45, 2.75) is 32.7 Å². The molecule has 128 valence electrons. The Bertz CT molecular complexity index is 1030. The van der Waals surface area contributed by atoms with E-state index in [2.05, 4.69) is 34.9 Å². The molecule has 0 radical (unpaired) electrons. The summed E-state index contributed by atoms with van der Waals surface area (Å²) in [6, 6.07) is 7.63. The van der Waals surface area contributed by atoms with Crippen molar-refractivity contribution in [1.82, 2.24) is 19.2 Å². The molecule has 2 aliphatic rings. The molecule has 0 aliphatic carbocycles. The molecule has 2 aliphatic heterocycles. The lowest BCUT2D eigenvalue weighted by Crippen LogP contribution is -2.48. The fourth-order valence-electron chi connectivity index (χ4n) is 4.56. The summed E-state index contributed by atoms with van der Waals surface area (Å²) in [5.41, 5.74) is 4.43. The maximum absolute atomic E-state index is 12.2. The van der Waals surface area contributed by atoms with Crippen molar-refractivity contribution in [3.05, 3.63) is 57.8 Å². The third kappa shape index (κ3) is 2.13. The van der Waals surface area contributed by atoms with Gasteiger partial charge in [-0.15, -0.1) is 0 Å². The van der Waals surface area contributed by atoms with Gasteiger partial charge < -0.3 is 9.47 Å². The smallest absolute Gasteiger partial charge is 0.250 e. The summed E-state index contributed by atoms with van der Waals surface area (Å²) in [6.07, 6.45) is 2.97. The van der Waals surface area contributed by atoms with Crippen LogP contribution >= 0.6 is 0 Å². The summed E-state index contributed by atoms with van der Waals surface area (Å²) in [6.45, 7) is 6.87. The minimum atomic E-state index is 0.131. The fraction of sp³-hybridized carbons (Fsp3) is 0.421. The molecular formula is C19H21N5O. The van der Waals surface area contributed by atoms with Gasteiger partial charge in [-0.1, -0.05) is 6.07 Å². The highest BCUT2D eigenvalue weighted by Gasteiger charge is 2.36. The van der Waals surface area contributed by atoms with Gasteiger partial charge in [-0.3, -0.25) is 4.79 Å². The maximum atomic E-state index is 12.2. The molecule has 1 saturated heterocycles. The number of hydrogen-bond donors (Lipinski definition) is 0. The van der Waals surface area contributed by atoms with E-state index in [-0.39, 0.29) is 5.56 Å². The summed E-state index contributed by atoms with van der Waals surface area (Å²) >= 11 is 0. The second kappa shape index (κ2) is 5.18. The second-order valence-electron chi connectivity index (χ2n) is 7.35. The first-order chi connectivity index (χ1) is 12.1. The highest BCUT2D eigenvalue weighted by atomic mass is 16.1. The molecule has 5 rings (SSSR count). The molecule has 0 aromatic carbocycles. The second-order valence-corrected chi connectivity index (χ2v) is 7.35. The quantitative estimate of drug-likeness (QED) is 0.684. The van der Waals surface area contributed by atoms with Gasteiger partial charge in [0.15, 0.2) is 5.65 Å². The van der Waals surface area contributed by atoms with E-state index >= 15 is 0 Å². The zero-order valence-electron chi connectivity index (χ0n) is 14.5. The number of piperidine rings is 1. The van der Waals surface area contributed by atoms with Gasteiger partial charge in [-0.2, -0.15) is 9.61 Å². The van der Waals surface area contributed by atoms with Crippen LogP contribution in [-0.4, -0.2) is 32.3 Å². The topological polar surface area (TPSA) is 55.4 Å². The van der Waals surface area contributed by atoms with Gasteiger partial charge in [-0.05, 0) is 32.3 Å². The molecule has 6 heteroatoms. The average Bonchev–Trinajstić information content (AvgIpc) is 3.04. The van der Waals surface area contributed by atoms with Crippen LogP contribution in [-0.2, 0) is 6.54 Å². The van der Waals surface area contributed by atoms with Crippen LogP contribution in [0.4, 0.5) is 5.82 Å². The Balaban J connectivity index is 1.62. The van der Waals surface area contributed by atoms with E-state index in [0.29, 0.717) is 11.8 Å². The SMILES string of the molecule is Cc1nc2ccnn2c(N2C[C@@H]3C[C@H](C2)c2cccc(=O)n2C3)c1C. The number of nitrogens with zero attached hydrogens (tertiary/aromatic N) is 5. The largest absolute Gasteiger partial charge is 0.355 e. The van der Waals surface area contributed by atoms with E-state index in [9.17, 15) is 4.79 Å². The number of hydrogen-bond acceptors (Lipinski definition) is 4. The van der Waals surface area contributed by atoms with Crippen LogP contribution in [0.5, 0.6) is 0 Å². The van der Waals surface area contributed by atoms with E-state index in [4.69, 9.17) is 0 Å². The zero-order chi connectivity index (χ0) is 17.1. The van der Waals surface area contributed by atoms with Crippen LogP contribution in [0.2, 0.25) is 0 Å². The van der Waals surface area contributed by atoms with Crippen molar-refractivity contribution < 1.29 is 0 Å². The van der Waals surface area contributed by atoms with E-state index in [1.165, 1.54) is 11.3 Å². The molecular weight excluding hydrogens is 314 g/mol. The molecule has 0 unspecified atom stereocenters. The molecule has 5 heterocycles. The van der Waals surface area contributed by atoms with Gasteiger partial charge in [0.25, 0.3) is 5.56 Å². The molecule has 3 aromatic rings. The molecule has 25 heavy (non-hydrogen) atoms. The zero-order valence-corrected chi connectivity index (χ0v) is 14.5. The maximum Gasteiger partial charge on any atom is 0.250 e. The Morgan fingerprint density at radius 3 is 2.88 bits per heavy atom. The van der Waals surface area contributed by atoms with Crippen LogP contribution in [0.1, 0.15) is 29.3 Å². The first kappa shape index (κ1) is 14.7. The lowest BCUT2D eigenvalue weighted by molar-refractivity contribution is 0.280. The summed E-state index contributed by atoms with van der Waals surface area (Å²) in [5.74, 6) is 2.03. The van der Waals surface area contributed by atoms with Crippen molar-refractivity contribution in [2.75, 3.05) is 18.0 Å². The molecule has 0 saturated carbocycles. The molecule has 3 aromatic heterocycles. The standard InChI is InChI=1S/C19H21N5O/c1-12-13(2)21-17-6-7-20-24(17)19(12)22-9-14-8-15(11-22)16-4-3-5-18(25)23(16)10-14/h3-7,14-15H,8-11H2,1-2H3/t14-,15+/m0/s1. The monoisotopic (exact) mass is 335 g/mol. The van der Waals surface area contributed by atoms with E-state index in [1.807, 2.05) is 27.4 Å². The molecule has 6 nitrogen and oxygen atoms in total. The summed E-state index contributed by atoms with van der Waals surface area (Å²) in [4.78, 5) is 19.3. The lowest BCUT2D eigenvalue weighted by Gasteiger charge is -2.44. The van der Waals surface area contributed by atoms with Crippen molar-refractivity contribution in [3.8, 4) is 0 Å². The number of anilines is 1. The summed E-state index contributed by atoms with van der Waals surface area (Å²) < 4.78 is 3.94. The van der Waals surface area contributed by atoms with Crippen molar-refractivity contribution >= 4 is 11.5 Å². The Hall–Kier alpha value is -2.63. The first-order valence-electron chi connectivity index (χ1n) is 8.87. The minimum Gasteiger partial charge on any atom is -0.355 e. The van der Waals surface area contributed by atoms with Gasteiger partial charge in [-0.25, -0.2) is 4.98 Å². The van der Waals surface area contributed by atoms with Crippen LogP contribution in [0.25, 0.3) is 5.65 Å². The highest BCUT2D eigenvalue weighted by molar-refractivity contribution is 5.57. The Morgan fingerprint density at radius 1 is 1.12 bits per heavy atom. The minimum absolute atomic E-state index is 0.131. The number of aryl methyl sites for hydroxylation is 1. The summed E-state index contributed by atoms with van der Waals surface area (Å²) in [5, 5.41) is 4.51. The van der Waals surface area contributed by atoms with Gasteiger partial charge in [0.2, 0.25) is 0 Å². The van der Waals surface area contributed by atoms with Crippen LogP contribution in [0, 0.1) is 19.8 Å². The molecule has 0 amide bonds. The first-order valence-corrected chi connectivity index (χ1v) is 8.87. The fourth-order valence-corrected chi connectivity index (χ4v) is 4.56. The molecule has 0 N–H and O–H groups in total. The number of rotatable bonds is 1. The van der Waals surface area contributed by atoms with Crippen LogP contribution < -0.4 is 10.5 Å². The molecule has 2 atom stereocenters. The van der Waals surface area contributed by atoms with Gasteiger partial charge in [0.1, 0.15) is 5.82 Å². The van der Waals surface area contributed by atoms with Crippen molar-refractivity contribution in [1.29, 1.82) is 0 Å². The Labute approximate surface area is 145 Å². The number of pyridine rings is 1. The van der Waals surface area contributed by atoms with Crippen molar-refractivity contribution in [3.63, 3.8) is 0 Å². The molecule has 0 spiro atoms. The Morgan fingerprint density at radius 2 is 2.00 bits per heavy atom. The third-order valence-corrected chi connectivity index (χ3v) is 5.76. The molecule has 1 fully saturated rings. The third-order valence-electron chi connectivity index (χ3n) is 5.76.